The van der Waals surface area contributed by atoms with Crippen LogP contribution in [-0.4, -0.2) is 45.0 Å². The lowest BCUT2D eigenvalue weighted by atomic mass is 9.96. The van der Waals surface area contributed by atoms with Gasteiger partial charge in [-0.15, -0.1) is 0 Å². The first-order chi connectivity index (χ1) is 12.0. The Balaban J connectivity index is 1.61. The van der Waals surface area contributed by atoms with E-state index in [0.717, 1.165) is 12.8 Å². The Morgan fingerprint density at radius 2 is 2.12 bits per heavy atom. The van der Waals surface area contributed by atoms with Crippen molar-refractivity contribution in [2.75, 3.05) is 13.1 Å². The second-order valence-corrected chi connectivity index (χ2v) is 6.20. The molecular formula is C17H20FN5O2. The van der Waals surface area contributed by atoms with Crippen LogP contribution in [-0.2, 0) is 4.79 Å². The van der Waals surface area contributed by atoms with Crippen LogP contribution in [0.5, 0.6) is 0 Å². The lowest BCUT2D eigenvalue weighted by Gasteiger charge is -2.32. The zero-order valence-corrected chi connectivity index (χ0v) is 13.9. The van der Waals surface area contributed by atoms with Crippen LogP contribution in [0.15, 0.2) is 30.6 Å². The van der Waals surface area contributed by atoms with Crippen LogP contribution >= 0.6 is 0 Å². The summed E-state index contributed by atoms with van der Waals surface area (Å²) < 4.78 is 13.0. The fourth-order valence-electron chi connectivity index (χ4n) is 2.97. The molecule has 1 aliphatic rings. The molecule has 132 valence electrons. The summed E-state index contributed by atoms with van der Waals surface area (Å²) in [5.41, 5.74) is 0.428. The molecule has 1 aromatic carbocycles. The second-order valence-electron chi connectivity index (χ2n) is 6.20. The van der Waals surface area contributed by atoms with Crippen LogP contribution < -0.4 is 5.32 Å². The Hall–Kier alpha value is -2.77. The van der Waals surface area contributed by atoms with Crippen molar-refractivity contribution >= 4 is 11.8 Å². The minimum absolute atomic E-state index is 0.111. The Labute approximate surface area is 144 Å². The van der Waals surface area contributed by atoms with Crippen molar-refractivity contribution in [1.29, 1.82) is 0 Å². The molecular weight excluding hydrogens is 325 g/mol. The predicted octanol–water partition coefficient (Wildman–Crippen LogP) is 1.67. The van der Waals surface area contributed by atoms with E-state index in [4.69, 9.17) is 0 Å². The standard InChI is InChI=1S/C17H20FN5O2/c1-11(15-19-10-20-22-15)21-16(24)13-3-2-8-23(9-13)17(25)12-4-6-14(18)7-5-12/h4-7,10-11,13H,2-3,8-9H2,1H3,(H,21,24)(H,19,20,22). The molecule has 2 heterocycles. The highest BCUT2D eigenvalue weighted by Crippen LogP contribution is 2.20. The predicted molar refractivity (Wildman–Crippen MR) is 88.0 cm³/mol. The van der Waals surface area contributed by atoms with Crippen LogP contribution in [0.3, 0.4) is 0 Å². The number of hydrogen-bond donors (Lipinski definition) is 2. The molecule has 1 saturated heterocycles. The first-order valence-corrected chi connectivity index (χ1v) is 8.25. The molecule has 2 aromatic rings. The topological polar surface area (TPSA) is 91.0 Å². The molecule has 2 amide bonds. The number of nitrogens with zero attached hydrogens (tertiary/aromatic N) is 3. The summed E-state index contributed by atoms with van der Waals surface area (Å²) in [6.07, 6.45) is 2.87. The number of aromatic amines is 1. The summed E-state index contributed by atoms with van der Waals surface area (Å²) in [6, 6.07) is 5.18. The number of carbonyl (C=O) groups excluding carboxylic acids is 2. The number of hydrogen-bond acceptors (Lipinski definition) is 4. The molecule has 2 unspecified atom stereocenters. The molecule has 1 aromatic heterocycles. The van der Waals surface area contributed by atoms with Crippen molar-refractivity contribution in [2.45, 2.75) is 25.8 Å². The van der Waals surface area contributed by atoms with Gasteiger partial charge < -0.3 is 10.2 Å². The highest BCUT2D eigenvalue weighted by molar-refractivity contribution is 5.94. The average molecular weight is 345 g/mol. The van der Waals surface area contributed by atoms with Gasteiger partial charge in [0.25, 0.3) is 5.91 Å². The van der Waals surface area contributed by atoms with Crippen molar-refractivity contribution in [3.05, 3.63) is 47.8 Å². The molecule has 0 radical (unpaired) electrons. The molecule has 7 nitrogen and oxygen atoms in total. The number of carbonyl (C=O) groups is 2. The van der Waals surface area contributed by atoms with Crippen molar-refractivity contribution in [1.82, 2.24) is 25.4 Å². The molecule has 0 aliphatic carbocycles. The maximum Gasteiger partial charge on any atom is 0.253 e. The SMILES string of the molecule is CC(NC(=O)C1CCCN(C(=O)c2ccc(F)cc2)C1)c1ncn[nH]1. The second kappa shape index (κ2) is 7.42. The molecule has 2 atom stereocenters. The molecule has 0 bridgehead atoms. The van der Waals surface area contributed by atoms with Crippen LogP contribution in [0.2, 0.25) is 0 Å². The van der Waals surface area contributed by atoms with Gasteiger partial charge in [0.1, 0.15) is 18.0 Å². The lowest BCUT2D eigenvalue weighted by Crippen LogP contribution is -2.46. The highest BCUT2D eigenvalue weighted by atomic mass is 19.1. The fourth-order valence-corrected chi connectivity index (χ4v) is 2.97. The van der Waals surface area contributed by atoms with E-state index in [1.807, 2.05) is 6.92 Å². The smallest absolute Gasteiger partial charge is 0.253 e. The van der Waals surface area contributed by atoms with Gasteiger partial charge in [-0.2, -0.15) is 5.10 Å². The summed E-state index contributed by atoms with van der Waals surface area (Å²) in [7, 11) is 0. The van der Waals surface area contributed by atoms with Crippen molar-refractivity contribution in [3.63, 3.8) is 0 Å². The average Bonchev–Trinajstić information content (AvgIpc) is 3.16. The van der Waals surface area contributed by atoms with Gasteiger partial charge >= 0.3 is 0 Å². The fraction of sp³-hybridized carbons (Fsp3) is 0.412. The van der Waals surface area contributed by atoms with Crippen molar-refractivity contribution in [2.24, 2.45) is 5.92 Å². The summed E-state index contributed by atoms with van der Waals surface area (Å²) in [5, 5.41) is 9.40. The number of H-pyrrole nitrogens is 1. The number of aromatic nitrogens is 3. The number of benzene rings is 1. The maximum atomic E-state index is 13.0. The summed E-state index contributed by atoms with van der Waals surface area (Å²) >= 11 is 0. The van der Waals surface area contributed by atoms with Crippen molar-refractivity contribution < 1.29 is 14.0 Å². The van der Waals surface area contributed by atoms with Crippen LogP contribution in [0.1, 0.15) is 42.0 Å². The van der Waals surface area contributed by atoms with Gasteiger partial charge in [-0.1, -0.05) is 0 Å². The quantitative estimate of drug-likeness (QED) is 0.882. The molecule has 0 saturated carbocycles. The molecule has 8 heteroatoms. The van der Waals surface area contributed by atoms with Gasteiger partial charge in [0, 0.05) is 18.7 Å². The van der Waals surface area contributed by atoms with E-state index in [0.29, 0.717) is 24.5 Å². The minimum Gasteiger partial charge on any atom is -0.346 e. The van der Waals surface area contributed by atoms with E-state index >= 15 is 0 Å². The first kappa shape index (κ1) is 17.1. The van der Waals surface area contributed by atoms with Crippen LogP contribution in [0.4, 0.5) is 4.39 Å². The third-order valence-corrected chi connectivity index (χ3v) is 4.37. The summed E-state index contributed by atoms with van der Waals surface area (Å²) in [4.78, 5) is 30.7. The highest BCUT2D eigenvalue weighted by Gasteiger charge is 2.29. The maximum absolute atomic E-state index is 13.0. The van der Waals surface area contributed by atoms with Crippen LogP contribution in [0.25, 0.3) is 0 Å². The van der Waals surface area contributed by atoms with Gasteiger partial charge in [0.05, 0.1) is 12.0 Å². The molecule has 3 rings (SSSR count). The number of halogens is 1. The monoisotopic (exact) mass is 345 g/mol. The normalized spacial score (nSPS) is 18.6. The zero-order chi connectivity index (χ0) is 17.8. The molecule has 25 heavy (non-hydrogen) atoms. The first-order valence-electron chi connectivity index (χ1n) is 8.25. The number of rotatable bonds is 4. The van der Waals surface area contributed by atoms with Gasteiger partial charge in [0.15, 0.2) is 0 Å². The van der Waals surface area contributed by atoms with Crippen LogP contribution in [0, 0.1) is 11.7 Å². The molecule has 0 spiro atoms. The van der Waals surface area contributed by atoms with Gasteiger partial charge in [0.2, 0.25) is 5.91 Å². The summed E-state index contributed by atoms with van der Waals surface area (Å²) in [6.45, 7) is 2.77. The number of amides is 2. The molecule has 2 N–H and O–H groups in total. The van der Waals surface area contributed by atoms with E-state index in [9.17, 15) is 14.0 Å². The number of nitrogens with one attached hydrogen (secondary N) is 2. The Morgan fingerprint density at radius 3 is 2.80 bits per heavy atom. The molecule has 1 fully saturated rings. The third kappa shape index (κ3) is 4.01. The van der Waals surface area contributed by atoms with E-state index in [-0.39, 0.29) is 29.6 Å². The van der Waals surface area contributed by atoms with Gasteiger partial charge in [-0.05, 0) is 44.0 Å². The zero-order valence-electron chi connectivity index (χ0n) is 13.9. The molecule has 1 aliphatic heterocycles. The van der Waals surface area contributed by atoms with Crippen molar-refractivity contribution in [3.8, 4) is 0 Å². The van der Waals surface area contributed by atoms with E-state index in [1.165, 1.54) is 30.6 Å². The lowest BCUT2D eigenvalue weighted by molar-refractivity contribution is -0.127. The Morgan fingerprint density at radius 1 is 1.36 bits per heavy atom. The minimum atomic E-state index is -0.381. The Kier molecular flexibility index (Phi) is 5.06. The number of piperidine rings is 1. The summed E-state index contributed by atoms with van der Waals surface area (Å²) in [5.74, 6) is -0.359. The third-order valence-electron chi connectivity index (χ3n) is 4.37. The van der Waals surface area contributed by atoms with Gasteiger partial charge in [-0.3, -0.25) is 14.7 Å². The van der Waals surface area contributed by atoms with E-state index in [1.54, 1.807) is 4.90 Å². The van der Waals surface area contributed by atoms with E-state index in [2.05, 4.69) is 20.5 Å². The largest absolute Gasteiger partial charge is 0.346 e. The van der Waals surface area contributed by atoms with E-state index < -0.39 is 0 Å². The Bertz CT molecular complexity index is 732. The number of likely N-dealkylation sites (tertiary alicyclic amines) is 1. The van der Waals surface area contributed by atoms with Gasteiger partial charge in [-0.25, -0.2) is 9.37 Å².